The minimum Gasteiger partial charge on any atom is -0.497 e. The first kappa shape index (κ1) is 28.8. The zero-order chi connectivity index (χ0) is 23.2. The third-order valence-electron chi connectivity index (χ3n) is 5.34. The molecule has 0 aliphatic heterocycles. The topological polar surface area (TPSA) is 67.4 Å². The Labute approximate surface area is 215 Å². The van der Waals surface area contributed by atoms with Crippen molar-refractivity contribution in [1.82, 2.24) is 15.5 Å². The smallest absolute Gasteiger partial charge is 0.191 e. The molecule has 0 aromatic heterocycles. The number of benzene rings is 2. The van der Waals surface area contributed by atoms with Gasteiger partial charge in [0.15, 0.2) is 17.5 Å². The van der Waals surface area contributed by atoms with Gasteiger partial charge in [0.25, 0.3) is 0 Å². The van der Waals surface area contributed by atoms with Gasteiger partial charge in [0, 0.05) is 26.7 Å². The molecule has 0 fully saturated rings. The number of methoxy groups -OCH3 is 2. The van der Waals surface area contributed by atoms with E-state index in [1.807, 2.05) is 30.3 Å². The summed E-state index contributed by atoms with van der Waals surface area (Å²) >= 11 is 0. The Morgan fingerprint density at radius 2 is 1.61 bits per heavy atom. The summed E-state index contributed by atoms with van der Waals surface area (Å²) in [7, 11) is 5.12. The van der Waals surface area contributed by atoms with E-state index < -0.39 is 0 Å². The number of rotatable bonds is 13. The van der Waals surface area contributed by atoms with E-state index in [2.05, 4.69) is 46.5 Å². The van der Waals surface area contributed by atoms with Crippen LogP contribution in [-0.2, 0) is 13.0 Å². The third kappa shape index (κ3) is 10.1. The molecule has 0 heterocycles. The summed E-state index contributed by atoms with van der Waals surface area (Å²) in [6.07, 6.45) is 0.901. The van der Waals surface area contributed by atoms with Gasteiger partial charge < -0.3 is 29.7 Å². The summed E-state index contributed by atoms with van der Waals surface area (Å²) in [5, 5.41) is 6.70. The minimum atomic E-state index is 0. The van der Waals surface area contributed by atoms with Gasteiger partial charge in [0.2, 0.25) is 0 Å². The Morgan fingerprint density at radius 3 is 2.21 bits per heavy atom. The normalized spacial score (nSPS) is 11.0. The molecule has 0 unspecified atom stereocenters. The second-order valence-corrected chi connectivity index (χ2v) is 7.31. The molecule has 2 N–H and O–H groups in total. The molecule has 2 aromatic rings. The van der Waals surface area contributed by atoms with Gasteiger partial charge in [-0.1, -0.05) is 32.0 Å². The molecule has 0 radical (unpaired) electrons. The predicted octanol–water partition coefficient (Wildman–Crippen LogP) is 3.95. The number of nitrogens with zero attached hydrogens (tertiary/aromatic N) is 2. The average molecular weight is 571 g/mol. The lowest BCUT2D eigenvalue weighted by Crippen LogP contribution is -2.37. The molecular weight excluding hydrogens is 531 g/mol. The Kier molecular flexibility index (Phi) is 14.3. The zero-order valence-corrected chi connectivity index (χ0v) is 22.8. The van der Waals surface area contributed by atoms with E-state index >= 15 is 0 Å². The third-order valence-corrected chi connectivity index (χ3v) is 5.34. The molecule has 8 heteroatoms. The summed E-state index contributed by atoms with van der Waals surface area (Å²) in [4.78, 5) is 6.64. The lowest BCUT2D eigenvalue weighted by molar-refractivity contribution is 0.217. The van der Waals surface area contributed by atoms with Crippen LogP contribution in [0.5, 0.6) is 17.2 Å². The molecule has 0 aliphatic rings. The van der Waals surface area contributed by atoms with Crippen molar-refractivity contribution in [3.63, 3.8) is 0 Å². The van der Waals surface area contributed by atoms with E-state index in [0.717, 1.165) is 61.4 Å². The monoisotopic (exact) mass is 570 g/mol. The van der Waals surface area contributed by atoms with Crippen molar-refractivity contribution in [3.8, 4) is 17.2 Å². The van der Waals surface area contributed by atoms with Crippen molar-refractivity contribution < 1.29 is 14.2 Å². The van der Waals surface area contributed by atoms with Gasteiger partial charge in [-0.25, -0.2) is 0 Å². The lowest BCUT2D eigenvalue weighted by atomic mass is 10.1. The molecule has 0 saturated carbocycles. The molecule has 0 amide bonds. The Morgan fingerprint density at radius 1 is 0.909 bits per heavy atom. The fourth-order valence-corrected chi connectivity index (χ4v) is 3.29. The Balaban J connectivity index is 0.00000544. The Hall–Kier alpha value is -2.20. The fraction of sp³-hybridized carbons (Fsp3) is 0.480. The summed E-state index contributed by atoms with van der Waals surface area (Å²) in [5.74, 6) is 3.14. The maximum Gasteiger partial charge on any atom is 0.191 e. The van der Waals surface area contributed by atoms with Crippen LogP contribution in [0, 0.1) is 0 Å². The maximum absolute atomic E-state index is 5.94. The predicted molar refractivity (Wildman–Crippen MR) is 147 cm³/mol. The van der Waals surface area contributed by atoms with Crippen molar-refractivity contribution >= 4 is 29.9 Å². The van der Waals surface area contributed by atoms with Crippen molar-refractivity contribution in [2.45, 2.75) is 26.8 Å². The van der Waals surface area contributed by atoms with E-state index in [9.17, 15) is 0 Å². The van der Waals surface area contributed by atoms with E-state index in [0.29, 0.717) is 13.2 Å². The van der Waals surface area contributed by atoms with Crippen LogP contribution < -0.4 is 24.8 Å². The number of aliphatic imine (C=N–C) groups is 1. The molecule has 7 nitrogen and oxygen atoms in total. The fourth-order valence-electron chi connectivity index (χ4n) is 3.29. The van der Waals surface area contributed by atoms with Gasteiger partial charge in [-0.05, 0) is 54.9 Å². The number of halogens is 1. The molecule has 0 atom stereocenters. The molecule has 0 saturated heterocycles. The molecule has 2 rings (SSSR count). The molecule has 0 spiro atoms. The minimum absolute atomic E-state index is 0. The number of guanidine groups is 1. The molecule has 184 valence electrons. The quantitative estimate of drug-likeness (QED) is 0.216. The Bertz CT molecular complexity index is 827. The van der Waals surface area contributed by atoms with Crippen LogP contribution in [0.2, 0.25) is 0 Å². The number of hydrogen-bond donors (Lipinski definition) is 2. The van der Waals surface area contributed by atoms with Gasteiger partial charge >= 0.3 is 0 Å². The van der Waals surface area contributed by atoms with Crippen LogP contribution in [0.3, 0.4) is 0 Å². The van der Waals surface area contributed by atoms with Gasteiger partial charge in [-0.3, -0.25) is 4.99 Å². The number of nitrogens with one attached hydrogen (secondary N) is 2. The van der Waals surface area contributed by atoms with Crippen molar-refractivity contribution in [3.05, 3.63) is 53.6 Å². The van der Waals surface area contributed by atoms with Crippen LogP contribution in [0.4, 0.5) is 0 Å². The van der Waals surface area contributed by atoms with Crippen LogP contribution >= 0.6 is 24.0 Å². The number of ether oxygens (including phenoxy) is 3. The van der Waals surface area contributed by atoms with Crippen molar-refractivity contribution in [2.75, 3.05) is 54.1 Å². The van der Waals surface area contributed by atoms with E-state index in [-0.39, 0.29) is 24.0 Å². The highest BCUT2D eigenvalue weighted by atomic mass is 127. The van der Waals surface area contributed by atoms with E-state index in [1.54, 1.807) is 21.3 Å². The summed E-state index contributed by atoms with van der Waals surface area (Å²) < 4.78 is 16.7. The van der Waals surface area contributed by atoms with Crippen molar-refractivity contribution in [2.24, 2.45) is 4.99 Å². The van der Waals surface area contributed by atoms with Crippen molar-refractivity contribution in [1.29, 1.82) is 0 Å². The first-order chi connectivity index (χ1) is 15.6. The number of likely N-dealkylation sites (N-methyl/N-ethyl adjacent to an activating group) is 1. The first-order valence-corrected chi connectivity index (χ1v) is 11.2. The maximum atomic E-state index is 5.94. The highest BCUT2D eigenvalue weighted by molar-refractivity contribution is 14.0. The van der Waals surface area contributed by atoms with E-state index in [1.165, 1.54) is 5.56 Å². The van der Waals surface area contributed by atoms with E-state index in [4.69, 9.17) is 14.2 Å². The summed E-state index contributed by atoms with van der Waals surface area (Å²) in [6.45, 7) is 9.33. The SMILES string of the molecule is CCN(CC)CCOc1ccc(CNC(=NC)NCCc2ccc(OC)cc2)cc1OC.I. The molecular formula is C25H39IN4O3. The van der Waals surface area contributed by atoms with Crippen LogP contribution in [0.25, 0.3) is 0 Å². The van der Waals surface area contributed by atoms with Gasteiger partial charge in [-0.2, -0.15) is 0 Å². The molecule has 0 bridgehead atoms. The highest BCUT2D eigenvalue weighted by Crippen LogP contribution is 2.28. The molecule has 0 aliphatic carbocycles. The molecule has 2 aromatic carbocycles. The van der Waals surface area contributed by atoms with Crippen LogP contribution in [0.1, 0.15) is 25.0 Å². The van der Waals surface area contributed by atoms with Gasteiger partial charge in [0.05, 0.1) is 14.2 Å². The zero-order valence-electron chi connectivity index (χ0n) is 20.5. The summed E-state index contributed by atoms with van der Waals surface area (Å²) in [6, 6.07) is 14.1. The van der Waals surface area contributed by atoms with Gasteiger partial charge in [0.1, 0.15) is 12.4 Å². The largest absolute Gasteiger partial charge is 0.497 e. The lowest BCUT2D eigenvalue weighted by Gasteiger charge is -2.19. The number of hydrogen-bond acceptors (Lipinski definition) is 5. The second kappa shape index (κ2) is 16.4. The van der Waals surface area contributed by atoms with Gasteiger partial charge in [-0.15, -0.1) is 24.0 Å². The first-order valence-electron chi connectivity index (χ1n) is 11.2. The average Bonchev–Trinajstić information content (AvgIpc) is 2.84. The highest BCUT2D eigenvalue weighted by Gasteiger charge is 2.08. The van der Waals surface area contributed by atoms with Crippen LogP contribution in [-0.4, -0.2) is 64.9 Å². The second-order valence-electron chi connectivity index (χ2n) is 7.31. The standard InChI is InChI=1S/C25H38N4O3.HI/c1-6-29(7-2)16-17-32-23-13-10-21(18-24(23)31-5)19-28-25(26-3)27-15-14-20-8-11-22(30-4)12-9-20;/h8-13,18H,6-7,14-17,19H2,1-5H3,(H2,26,27,28);1H. The summed E-state index contributed by atoms with van der Waals surface area (Å²) in [5.41, 5.74) is 2.34. The molecule has 33 heavy (non-hydrogen) atoms. The van der Waals surface area contributed by atoms with Crippen LogP contribution in [0.15, 0.2) is 47.5 Å².